The second kappa shape index (κ2) is 6.23. The van der Waals surface area contributed by atoms with Gasteiger partial charge in [0.05, 0.1) is 12.8 Å². The lowest BCUT2D eigenvalue weighted by molar-refractivity contribution is 0.415. The van der Waals surface area contributed by atoms with E-state index in [1.165, 1.54) is 0 Å². The molecule has 82 valence electrons. The highest BCUT2D eigenvalue weighted by Crippen LogP contribution is 2.18. The molecule has 0 atom stereocenters. The molecule has 0 saturated heterocycles. The fraction of sp³-hybridized carbons (Fsp3) is 0.273. The lowest BCUT2D eigenvalue weighted by atomic mass is 10.1. The first-order valence-electron chi connectivity index (χ1n) is 4.71. The van der Waals surface area contributed by atoms with E-state index < -0.39 is 0 Å². The number of hydrogen-bond acceptors (Lipinski definition) is 3. The van der Waals surface area contributed by atoms with Crippen LogP contribution < -0.4 is 10.5 Å². The molecule has 0 heterocycles. The van der Waals surface area contributed by atoms with Gasteiger partial charge in [0, 0.05) is 29.5 Å². The molecule has 0 spiro atoms. The van der Waals surface area contributed by atoms with Gasteiger partial charge in [-0.15, -0.1) is 0 Å². The fourth-order valence-corrected chi connectivity index (χ4v) is 1.09. The predicted octanol–water partition coefficient (Wildman–Crippen LogP) is 2.33. The van der Waals surface area contributed by atoms with Crippen LogP contribution in [-0.4, -0.2) is 13.7 Å². The summed E-state index contributed by atoms with van der Waals surface area (Å²) in [7, 11) is 1.58. The molecule has 0 aliphatic heterocycles. The van der Waals surface area contributed by atoms with E-state index in [2.05, 4.69) is 21.9 Å². The molecule has 0 amide bonds. The van der Waals surface area contributed by atoms with Crippen molar-refractivity contribution in [2.75, 3.05) is 19.4 Å². The molecule has 5 nitrogen and oxygen atoms in total. The van der Waals surface area contributed by atoms with Crippen LogP contribution in [0.5, 0.6) is 5.75 Å². The Morgan fingerprint density at radius 1 is 1.56 bits per heavy atom. The standard InChI is InChI=1S/C11H12N4O/c1-16-10-6-5-9(11(12)8-10)4-2-3-7-14-15-13/h5-6,8H,3,7,12H2,1H3. The van der Waals surface area contributed by atoms with Crippen molar-refractivity contribution in [2.24, 2.45) is 5.11 Å². The van der Waals surface area contributed by atoms with Gasteiger partial charge in [0.2, 0.25) is 0 Å². The maximum atomic E-state index is 8.06. The number of nitrogens with two attached hydrogens (primary N) is 1. The highest BCUT2D eigenvalue weighted by atomic mass is 16.5. The molecule has 0 bridgehead atoms. The van der Waals surface area contributed by atoms with Gasteiger partial charge in [0.15, 0.2) is 0 Å². The van der Waals surface area contributed by atoms with Gasteiger partial charge in [0.1, 0.15) is 5.75 Å². The number of benzene rings is 1. The Bertz CT molecular complexity index is 467. The number of nitrogen functional groups attached to an aromatic ring is 1. The summed E-state index contributed by atoms with van der Waals surface area (Å²) in [5.41, 5.74) is 15.2. The molecule has 1 rings (SSSR count). The number of azide groups is 1. The van der Waals surface area contributed by atoms with Crippen molar-refractivity contribution in [1.29, 1.82) is 0 Å². The summed E-state index contributed by atoms with van der Waals surface area (Å²) < 4.78 is 5.02. The lowest BCUT2D eigenvalue weighted by Crippen LogP contribution is -1.92. The van der Waals surface area contributed by atoms with Crippen molar-refractivity contribution in [3.63, 3.8) is 0 Å². The van der Waals surface area contributed by atoms with Crippen molar-refractivity contribution in [1.82, 2.24) is 0 Å². The summed E-state index contributed by atoms with van der Waals surface area (Å²) in [5.74, 6) is 6.49. The minimum Gasteiger partial charge on any atom is -0.497 e. The van der Waals surface area contributed by atoms with Crippen molar-refractivity contribution in [3.8, 4) is 17.6 Å². The Balaban J connectivity index is 2.69. The van der Waals surface area contributed by atoms with Crippen LogP contribution in [0.1, 0.15) is 12.0 Å². The van der Waals surface area contributed by atoms with Gasteiger partial charge >= 0.3 is 0 Å². The van der Waals surface area contributed by atoms with Gasteiger partial charge < -0.3 is 10.5 Å². The second-order valence-electron chi connectivity index (χ2n) is 2.96. The van der Waals surface area contributed by atoms with E-state index in [0.717, 1.165) is 5.56 Å². The van der Waals surface area contributed by atoms with Crippen LogP contribution in [0.2, 0.25) is 0 Å². The fourth-order valence-electron chi connectivity index (χ4n) is 1.09. The number of anilines is 1. The van der Waals surface area contributed by atoms with Crippen molar-refractivity contribution in [2.45, 2.75) is 6.42 Å². The molecule has 0 aliphatic rings. The molecule has 0 radical (unpaired) electrons. The Labute approximate surface area is 93.8 Å². The minimum absolute atomic E-state index is 0.375. The van der Waals surface area contributed by atoms with Crippen molar-refractivity contribution >= 4 is 5.69 Å². The second-order valence-corrected chi connectivity index (χ2v) is 2.96. The summed E-state index contributed by atoms with van der Waals surface area (Å²) in [4.78, 5) is 2.64. The van der Waals surface area contributed by atoms with Crippen LogP contribution in [0.4, 0.5) is 5.69 Å². The summed E-state index contributed by atoms with van der Waals surface area (Å²) in [6.07, 6.45) is 0.523. The van der Waals surface area contributed by atoms with E-state index >= 15 is 0 Å². The number of hydrogen-bond donors (Lipinski definition) is 1. The Kier molecular flexibility index (Phi) is 4.58. The molecular formula is C11H12N4O. The van der Waals surface area contributed by atoms with Gasteiger partial charge in [-0.2, -0.15) is 0 Å². The Hall–Kier alpha value is -2.31. The van der Waals surface area contributed by atoms with Crippen LogP contribution in [0.25, 0.3) is 10.4 Å². The molecule has 1 aromatic carbocycles. The molecule has 0 fully saturated rings. The number of ether oxygens (including phenoxy) is 1. The van der Waals surface area contributed by atoms with Crippen LogP contribution in [0, 0.1) is 11.8 Å². The van der Waals surface area contributed by atoms with Gasteiger partial charge in [-0.05, 0) is 17.7 Å². The maximum absolute atomic E-state index is 8.06. The first-order valence-corrected chi connectivity index (χ1v) is 4.71. The summed E-state index contributed by atoms with van der Waals surface area (Å²) >= 11 is 0. The molecule has 2 N–H and O–H groups in total. The predicted molar refractivity (Wildman–Crippen MR) is 62.9 cm³/mol. The van der Waals surface area contributed by atoms with E-state index in [4.69, 9.17) is 16.0 Å². The van der Waals surface area contributed by atoms with Crippen LogP contribution >= 0.6 is 0 Å². The minimum atomic E-state index is 0.375. The Morgan fingerprint density at radius 3 is 3.00 bits per heavy atom. The first-order chi connectivity index (χ1) is 7.77. The topological polar surface area (TPSA) is 84.0 Å². The van der Waals surface area contributed by atoms with E-state index in [9.17, 15) is 0 Å². The van der Waals surface area contributed by atoms with E-state index in [1.54, 1.807) is 25.3 Å². The molecule has 0 saturated carbocycles. The van der Waals surface area contributed by atoms with Crippen LogP contribution in [0.15, 0.2) is 23.3 Å². The van der Waals surface area contributed by atoms with Gasteiger partial charge in [-0.25, -0.2) is 0 Å². The number of nitrogens with zero attached hydrogens (tertiary/aromatic N) is 3. The zero-order valence-corrected chi connectivity index (χ0v) is 8.97. The first kappa shape index (κ1) is 11.8. The van der Waals surface area contributed by atoms with Crippen molar-refractivity contribution < 1.29 is 4.74 Å². The van der Waals surface area contributed by atoms with Crippen LogP contribution in [0.3, 0.4) is 0 Å². The third kappa shape index (κ3) is 3.45. The maximum Gasteiger partial charge on any atom is 0.121 e. The summed E-state index contributed by atoms with van der Waals surface area (Å²) in [6, 6.07) is 5.32. The van der Waals surface area contributed by atoms with E-state index in [0.29, 0.717) is 24.4 Å². The smallest absolute Gasteiger partial charge is 0.121 e. The molecule has 0 unspecified atom stereocenters. The molecule has 0 aromatic heterocycles. The number of methoxy groups -OCH3 is 1. The van der Waals surface area contributed by atoms with Crippen molar-refractivity contribution in [3.05, 3.63) is 34.2 Å². The Morgan fingerprint density at radius 2 is 2.38 bits per heavy atom. The quantitative estimate of drug-likeness (QED) is 0.210. The summed E-state index contributed by atoms with van der Waals surface area (Å²) in [6.45, 7) is 0.375. The molecular weight excluding hydrogens is 204 g/mol. The normalized spacial score (nSPS) is 8.56. The highest BCUT2D eigenvalue weighted by molar-refractivity contribution is 5.58. The number of rotatable bonds is 3. The monoisotopic (exact) mass is 216 g/mol. The third-order valence-electron chi connectivity index (χ3n) is 1.88. The molecule has 5 heteroatoms. The third-order valence-corrected chi connectivity index (χ3v) is 1.88. The van der Waals surface area contributed by atoms with Gasteiger partial charge in [0.25, 0.3) is 0 Å². The lowest BCUT2D eigenvalue weighted by Gasteiger charge is -2.02. The average Bonchev–Trinajstić information content (AvgIpc) is 2.30. The molecule has 0 aliphatic carbocycles. The average molecular weight is 216 g/mol. The SMILES string of the molecule is COc1ccc(C#CCCN=[N+]=[N-])c(N)c1. The molecule has 1 aromatic rings. The largest absolute Gasteiger partial charge is 0.497 e. The zero-order valence-electron chi connectivity index (χ0n) is 8.97. The highest BCUT2D eigenvalue weighted by Gasteiger charge is 1.97. The van der Waals surface area contributed by atoms with E-state index in [-0.39, 0.29) is 0 Å². The van der Waals surface area contributed by atoms with Gasteiger partial charge in [-0.3, -0.25) is 0 Å². The zero-order chi connectivity index (χ0) is 11.8. The van der Waals surface area contributed by atoms with E-state index in [1.807, 2.05) is 0 Å². The molecule has 16 heavy (non-hydrogen) atoms. The van der Waals surface area contributed by atoms with Gasteiger partial charge in [-0.1, -0.05) is 17.0 Å². The van der Waals surface area contributed by atoms with Crippen LogP contribution in [-0.2, 0) is 0 Å². The summed E-state index contributed by atoms with van der Waals surface area (Å²) in [5, 5.41) is 3.38.